The highest BCUT2D eigenvalue weighted by Crippen LogP contribution is 2.38. The number of hydrogen-bond donors (Lipinski definition) is 1. The summed E-state index contributed by atoms with van der Waals surface area (Å²) < 4.78 is 16.5. The Bertz CT molecular complexity index is 1370. The monoisotopic (exact) mass is 484 g/mol. The Labute approximate surface area is 209 Å². The maximum atomic E-state index is 13.4. The quantitative estimate of drug-likeness (QED) is 0.510. The van der Waals surface area contributed by atoms with Crippen molar-refractivity contribution in [1.29, 1.82) is 0 Å². The molecule has 184 valence electrons. The van der Waals surface area contributed by atoms with Crippen LogP contribution in [0.25, 0.3) is 22.6 Å². The zero-order valence-corrected chi connectivity index (χ0v) is 20.0. The van der Waals surface area contributed by atoms with E-state index in [1.165, 1.54) is 0 Å². The summed E-state index contributed by atoms with van der Waals surface area (Å²) in [6, 6.07) is 13.7. The van der Waals surface area contributed by atoms with Gasteiger partial charge in [0.2, 0.25) is 6.79 Å². The van der Waals surface area contributed by atoms with E-state index < -0.39 is 5.97 Å². The zero-order valence-electron chi connectivity index (χ0n) is 20.0. The van der Waals surface area contributed by atoms with Crippen LogP contribution in [-0.4, -0.2) is 36.3 Å². The molecular formula is C29H28N2O5. The highest BCUT2D eigenvalue weighted by atomic mass is 16.7. The lowest BCUT2D eigenvalue weighted by Crippen LogP contribution is -2.36. The molecule has 2 heterocycles. The van der Waals surface area contributed by atoms with E-state index in [9.17, 15) is 9.59 Å². The number of carbonyl (C=O) groups is 2. The van der Waals surface area contributed by atoms with Crippen molar-refractivity contribution in [3.05, 3.63) is 64.8 Å². The van der Waals surface area contributed by atoms with E-state index in [4.69, 9.17) is 19.2 Å². The summed E-state index contributed by atoms with van der Waals surface area (Å²) in [6.45, 7) is -0.0451. The molecule has 1 aromatic heterocycles. The molecular weight excluding hydrogens is 456 g/mol. The highest BCUT2D eigenvalue weighted by molar-refractivity contribution is 6.07. The molecule has 0 unspecified atom stereocenters. The molecule has 36 heavy (non-hydrogen) atoms. The van der Waals surface area contributed by atoms with E-state index in [0.29, 0.717) is 5.56 Å². The average Bonchev–Trinajstić information content (AvgIpc) is 3.58. The smallest absolute Gasteiger partial charge is 0.339 e. The minimum atomic E-state index is -0.476. The number of ether oxygens (including phenoxy) is 3. The van der Waals surface area contributed by atoms with Crippen LogP contribution in [0.15, 0.2) is 42.5 Å². The number of benzene rings is 2. The second kappa shape index (κ2) is 9.64. The van der Waals surface area contributed by atoms with E-state index in [1.807, 2.05) is 42.5 Å². The number of amides is 1. The van der Waals surface area contributed by atoms with E-state index in [1.54, 1.807) is 0 Å². The fourth-order valence-corrected chi connectivity index (χ4v) is 5.45. The SMILES string of the molecule is O=C(COC(=O)c1c2c(nc3ccccc13)C(=Cc1ccc3c(c1)OCO3)CCC2)NC1CCCC1. The number of pyridine rings is 1. The van der Waals surface area contributed by atoms with Crippen LogP contribution in [0.4, 0.5) is 0 Å². The molecule has 7 heteroatoms. The van der Waals surface area contributed by atoms with Crippen molar-refractivity contribution in [3.8, 4) is 11.5 Å². The standard InChI is InChI=1S/C29H28N2O5/c32-26(30-20-7-1-2-8-20)16-34-29(33)27-21-9-3-4-11-23(21)31-28-19(6-5-10-22(27)28)14-18-12-13-24-25(15-18)36-17-35-24/h3-4,9,11-15,20H,1-2,5-8,10,16-17H2,(H,30,32). The van der Waals surface area contributed by atoms with Gasteiger partial charge < -0.3 is 19.5 Å². The summed E-state index contributed by atoms with van der Waals surface area (Å²) in [6.07, 6.45) is 8.80. The topological polar surface area (TPSA) is 86.8 Å². The Kier molecular flexibility index (Phi) is 6.05. The molecule has 7 nitrogen and oxygen atoms in total. The van der Waals surface area contributed by atoms with Gasteiger partial charge in [-0.2, -0.15) is 0 Å². The van der Waals surface area contributed by atoms with E-state index in [2.05, 4.69) is 11.4 Å². The molecule has 1 N–H and O–H groups in total. The minimum absolute atomic E-state index is 0.189. The summed E-state index contributed by atoms with van der Waals surface area (Å²) in [5.41, 5.74) is 5.00. The van der Waals surface area contributed by atoms with Gasteiger partial charge in [0.05, 0.1) is 16.8 Å². The van der Waals surface area contributed by atoms with Gasteiger partial charge >= 0.3 is 5.97 Å². The van der Waals surface area contributed by atoms with Gasteiger partial charge in [0.25, 0.3) is 5.91 Å². The van der Waals surface area contributed by atoms with E-state index in [-0.39, 0.29) is 25.3 Å². The predicted molar refractivity (Wildman–Crippen MR) is 136 cm³/mol. The van der Waals surface area contributed by atoms with Crippen molar-refractivity contribution in [3.63, 3.8) is 0 Å². The number of para-hydroxylation sites is 1. The molecule has 3 aromatic rings. The number of nitrogens with zero attached hydrogens (tertiary/aromatic N) is 1. The third-order valence-electron chi connectivity index (χ3n) is 7.17. The first-order valence-electron chi connectivity index (χ1n) is 12.6. The first-order valence-corrected chi connectivity index (χ1v) is 12.6. The lowest BCUT2D eigenvalue weighted by atomic mass is 9.86. The van der Waals surface area contributed by atoms with Crippen LogP contribution in [-0.2, 0) is 16.0 Å². The number of carbonyl (C=O) groups excluding carboxylic acids is 2. The molecule has 1 saturated carbocycles. The molecule has 2 aromatic carbocycles. The van der Waals surface area contributed by atoms with Crippen molar-refractivity contribution >= 4 is 34.4 Å². The van der Waals surface area contributed by atoms with Crippen LogP contribution in [0.1, 0.15) is 65.7 Å². The molecule has 0 atom stereocenters. The maximum absolute atomic E-state index is 13.4. The van der Waals surface area contributed by atoms with Gasteiger partial charge in [-0.05, 0) is 73.1 Å². The summed E-state index contributed by atoms with van der Waals surface area (Å²) in [5, 5.41) is 3.73. The highest BCUT2D eigenvalue weighted by Gasteiger charge is 2.27. The fourth-order valence-electron chi connectivity index (χ4n) is 5.45. The van der Waals surface area contributed by atoms with Gasteiger partial charge in [0.1, 0.15) is 0 Å². The summed E-state index contributed by atoms with van der Waals surface area (Å²) in [5.74, 6) is 0.751. The number of nitrogens with one attached hydrogen (secondary N) is 1. The summed E-state index contributed by atoms with van der Waals surface area (Å²) in [7, 11) is 0. The number of rotatable bonds is 5. The molecule has 6 rings (SSSR count). The third-order valence-corrected chi connectivity index (χ3v) is 7.17. The first-order chi connectivity index (χ1) is 17.7. The Balaban J connectivity index is 1.32. The van der Waals surface area contributed by atoms with Crippen molar-refractivity contribution in [1.82, 2.24) is 10.3 Å². The normalized spacial score (nSPS) is 17.8. The van der Waals surface area contributed by atoms with Gasteiger partial charge in [0, 0.05) is 11.4 Å². The molecule has 0 radical (unpaired) electrons. The van der Waals surface area contributed by atoms with Crippen LogP contribution in [0.2, 0.25) is 0 Å². The van der Waals surface area contributed by atoms with Crippen LogP contribution in [0.3, 0.4) is 0 Å². The van der Waals surface area contributed by atoms with Gasteiger partial charge in [-0.25, -0.2) is 9.78 Å². The van der Waals surface area contributed by atoms with Gasteiger partial charge in [0.15, 0.2) is 18.1 Å². The number of hydrogen-bond acceptors (Lipinski definition) is 6. The maximum Gasteiger partial charge on any atom is 0.339 e. The Morgan fingerprint density at radius 2 is 1.86 bits per heavy atom. The molecule has 0 saturated heterocycles. The van der Waals surface area contributed by atoms with Gasteiger partial charge in [-0.3, -0.25) is 4.79 Å². The van der Waals surface area contributed by atoms with Crippen molar-refractivity contribution < 1.29 is 23.8 Å². The van der Waals surface area contributed by atoms with Crippen molar-refractivity contribution in [2.75, 3.05) is 13.4 Å². The number of esters is 1. The van der Waals surface area contributed by atoms with Crippen LogP contribution < -0.4 is 14.8 Å². The molecule has 0 spiro atoms. The third kappa shape index (κ3) is 4.41. The van der Waals surface area contributed by atoms with Crippen LogP contribution >= 0.6 is 0 Å². The van der Waals surface area contributed by atoms with E-state index >= 15 is 0 Å². The number of aromatic nitrogens is 1. The van der Waals surface area contributed by atoms with Gasteiger partial charge in [-0.15, -0.1) is 0 Å². The van der Waals surface area contributed by atoms with Crippen LogP contribution in [0, 0.1) is 0 Å². The molecule has 1 aliphatic heterocycles. The van der Waals surface area contributed by atoms with Crippen molar-refractivity contribution in [2.45, 2.75) is 51.0 Å². The second-order valence-electron chi connectivity index (χ2n) is 9.59. The molecule has 3 aliphatic rings. The molecule has 1 amide bonds. The Hall–Kier alpha value is -3.87. The Morgan fingerprint density at radius 1 is 1.03 bits per heavy atom. The largest absolute Gasteiger partial charge is 0.454 e. The van der Waals surface area contributed by atoms with E-state index in [0.717, 1.165) is 89.7 Å². The summed E-state index contributed by atoms with van der Waals surface area (Å²) in [4.78, 5) is 30.7. The second-order valence-corrected chi connectivity index (χ2v) is 9.59. The molecule has 2 aliphatic carbocycles. The number of allylic oxidation sites excluding steroid dienone is 1. The predicted octanol–water partition coefficient (Wildman–Crippen LogP) is 5.06. The fraction of sp³-hybridized carbons (Fsp3) is 0.345. The van der Waals surface area contributed by atoms with Crippen molar-refractivity contribution in [2.24, 2.45) is 0 Å². The number of fused-ring (bicyclic) bond motifs is 3. The minimum Gasteiger partial charge on any atom is -0.454 e. The average molecular weight is 485 g/mol. The van der Waals surface area contributed by atoms with Crippen LogP contribution in [0.5, 0.6) is 11.5 Å². The lowest BCUT2D eigenvalue weighted by molar-refractivity contribution is -0.124. The zero-order chi connectivity index (χ0) is 24.5. The lowest BCUT2D eigenvalue weighted by Gasteiger charge is -2.22. The molecule has 1 fully saturated rings. The molecule has 0 bridgehead atoms. The first kappa shape index (κ1) is 22.6. The summed E-state index contributed by atoms with van der Waals surface area (Å²) >= 11 is 0. The van der Waals surface area contributed by atoms with Gasteiger partial charge in [-0.1, -0.05) is 37.1 Å². The Morgan fingerprint density at radius 3 is 2.75 bits per heavy atom.